The van der Waals surface area contributed by atoms with Gasteiger partial charge in [-0.3, -0.25) is 4.90 Å². The van der Waals surface area contributed by atoms with Crippen LogP contribution in [0.5, 0.6) is 0 Å². The first-order chi connectivity index (χ1) is 8.33. The Bertz CT molecular complexity index is 360. The van der Waals surface area contributed by atoms with Crippen LogP contribution in [-0.2, 0) is 14.3 Å². The summed E-state index contributed by atoms with van der Waals surface area (Å²) in [6.07, 6.45) is 2.44. The lowest BCUT2D eigenvalue weighted by Crippen LogP contribution is -2.51. The molecule has 2 bridgehead atoms. The molecule has 1 saturated carbocycles. The zero-order chi connectivity index (χ0) is 13.5. The van der Waals surface area contributed by atoms with Crippen LogP contribution in [-0.4, -0.2) is 41.8 Å². The molecule has 102 valence electrons. The molecule has 0 aromatic heterocycles. The molecule has 2 aliphatic rings. The highest BCUT2D eigenvalue weighted by atomic mass is 16.6. The van der Waals surface area contributed by atoms with Crippen molar-refractivity contribution in [2.75, 3.05) is 7.11 Å². The smallest absolute Gasteiger partial charge is 0.411 e. The molecule has 1 amide bonds. The van der Waals surface area contributed by atoms with Crippen LogP contribution in [0.3, 0.4) is 0 Å². The van der Waals surface area contributed by atoms with Gasteiger partial charge in [0.1, 0.15) is 11.6 Å². The second-order valence-corrected chi connectivity index (χ2v) is 6.08. The summed E-state index contributed by atoms with van der Waals surface area (Å²) >= 11 is 0. The fourth-order valence-corrected chi connectivity index (χ4v) is 2.99. The van der Waals surface area contributed by atoms with Crippen LogP contribution < -0.4 is 0 Å². The maximum atomic E-state index is 12.2. The number of fused-ring (bicyclic) bond motifs is 2. The highest BCUT2D eigenvalue weighted by molar-refractivity contribution is 5.83. The number of carbonyl (C=O) groups is 2. The number of piperidine rings is 1. The Morgan fingerprint density at radius 2 is 1.89 bits per heavy atom. The van der Waals surface area contributed by atoms with Crippen LogP contribution in [0.2, 0.25) is 0 Å². The van der Waals surface area contributed by atoms with Gasteiger partial charge in [-0.25, -0.2) is 9.59 Å². The number of likely N-dealkylation sites (tertiary alicyclic amines) is 1. The van der Waals surface area contributed by atoms with Gasteiger partial charge in [-0.2, -0.15) is 0 Å². The van der Waals surface area contributed by atoms with Crippen LogP contribution in [0.4, 0.5) is 4.79 Å². The molecule has 1 aliphatic heterocycles. The summed E-state index contributed by atoms with van der Waals surface area (Å²) in [5.74, 6) is -0.0944. The van der Waals surface area contributed by atoms with Crippen LogP contribution in [0.25, 0.3) is 0 Å². The Labute approximate surface area is 107 Å². The van der Waals surface area contributed by atoms with E-state index in [0.29, 0.717) is 0 Å². The van der Waals surface area contributed by atoms with Gasteiger partial charge in [0, 0.05) is 6.04 Å². The predicted octanol–water partition coefficient (Wildman–Crippen LogP) is 1.95. The highest BCUT2D eigenvalue weighted by Crippen LogP contribution is 2.43. The number of hydrogen-bond donors (Lipinski definition) is 0. The fourth-order valence-electron chi connectivity index (χ4n) is 2.99. The Morgan fingerprint density at radius 3 is 2.44 bits per heavy atom. The first kappa shape index (κ1) is 13.2. The molecular formula is C13H21NO4. The van der Waals surface area contributed by atoms with Gasteiger partial charge in [-0.1, -0.05) is 0 Å². The van der Waals surface area contributed by atoms with E-state index >= 15 is 0 Å². The van der Waals surface area contributed by atoms with E-state index in [1.54, 1.807) is 4.90 Å². The molecule has 1 saturated heterocycles. The van der Waals surface area contributed by atoms with Crippen LogP contribution >= 0.6 is 0 Å². The molecular weight excluding hydrogens is 234 g/mol. The van der Waals surface area contributed by atoms with Crippen molar-refractivity contribution in [1.29, 1.82) is 0 Å². The number of ether oxygens (including phenoxy) is 2. The Hall–Kier alpha value is -1.26. The third-order valence-electron chi connectivity index (χ3n) is 3.63. The van der Waals surface area contributed by atoms with Crippen molar-refractivity contribution in [3.63, 3.8) is 0 Å². The number of hydrogen-bond acceptors (Lipinski definition) is 4. The molecule has 0 spiro atoms. The molecule has 3 atom stereocenters. The van der Waals surface area contributed by atoms with Gasteiger partial charge in [0.2, 0.25) is 0 Å². The van der Waals surface area contributed by atoms with Crippen molar-refractivity contribution in [2.45, 2.75) is 57.7 Å². The molecule has 5 nitrogen and oxygen atoms in total. The lowest BCUT2D eigenvalue weighted by atomic mass is 9.99. The molecule has 1 heterocycles. The summed E-state index contributed by atoms with van der Waals surface area (Å²) in [6.45, 7) is 5.48. The van der Waals surface area contributed by atoms with Crippen molar-refractivity contribution < 1.29 is 19.1 Å². The minimum Gasteiger partial charge on any atom is -0.467 e. The molecule has 0 N–H and O–H groups in total. The topological polar surface area (TPSA) is 55.8 Å². The standard InChI is InChI=1S/C13H21NO4/c1-13(2,3)18-12(16)14-9-6-5-8(7-9)10(14)11(15)17-4/h8-10H,5-7H2,1-4H3. The zero-order valence-corrected chi connectivity index (χ0v) is 11.4. The monoisotopic (exact) mass is 255 g/mol. The second-order valence-electron chi connectivity index (χ2n) is 6.08. The number of carbonyl (C=O) groups excluding carboxylic acids is 2. The van der Waals surface area contributed by atoms with E-state index in [0.717, 1.165) is 19.3 Å². The van der Waals surface area contributed by atoms with Gasteiger partial charge in [0.25, 0.3) is 0 Å². The first-order valence-electron chi connectivity index (χ1n) is 6.42. The molecule has 0 aromatic carbocycles. The largest absolute Gasteiger partial charge is 0.467 e. The van der Waals surface area contributed by atoms with Gasteiger partial charge < -0.3 is 9.47 Å². The number of methoxy groups -OCH3 is 1. The van der Waals surface area contributed by atoms with E-state index in [1.165, 1.54) is 7.11 Å². The summed E-state index contributed by atoms with van der Waals surface area (Å²) in [6, 6.07) is -0.322. The lowest BCUT2D eigenvalue weighted by Gasteiger charge is -2.34. The summed E-state index contributed by atoms with van der Waals surface area (Å²) in [5.41, 5.74) is -0.542. The van der Waals surface area contributed by atoms with Crippen LogP contribution in [0.15, 0.2) is 0 Å². The number of esters is 1. The molecule has 2 fully saturated rings. The van der Waals surface area contributed by atoms with Crippen molar-refractivity contribution in [3.05, 3.63) is 0 Å². The predicted molar refractivity (Wildman–Crippen MR) is 65.0 cm³/mol. The van der Waals surface area contributed by atoms with Crippen molar-refractivity contribution in [2.24, 2.45) is 5.92 Å². The number of nitrogens with zero attached hydrogens (tertiary/aromatic N) is 1. The van der Waals surface area contributed by atoms with Gasteiger partial charge in [0.15, 0.2) is 0 Å². The van der Waals surface area contributed by atoms with E-state index in [1.807, 2.05) is 20.8 Å². The van der Waals surface area contributed by atoms with Gasteiger partial charge in [0.05, 0.1) is 7.11 Å². The van der Waals surface area contributed by atoms with Crippen LogP contribution in [0, 0.1) is 5.92 Å². The summed E-state index contributed by atoms with van der Waals surface area (Å²) < 4.78 is 10.2. The van der Waals surface area contributed by atoms with Crippen LogP contribution in [0.1, 0.15) is 40.0 Å². The molecule has 5 heteroatoms. The lowest BCUT2D eigenvalue weighted by molar-refractivity contribution is -0.148. The minimum absolute atomic E-state index is 0.133. The molecule has 3 unspecified atom stereocenters. The average Bonchev–Trinajstić information content (AvgIpc) is 2.84. The molecule has 1 aliphatic carbocycles. The molecule has 2 rings (SSSR count). The van der Waals surface area contributed by atoms with E-state index < -0.39 is 17.7 Å². The molecule has 18 heavy (non-hydrogen) atoms. The van der Waals surface area contributed by atoms with Gasteiger partial charge >= 0.3 is 12.1 Å². The number of amides is 1. The van der Waals surface area contributed by atoms with E-state index in [9.17, 15) is 9.59 Å². The maximum absolute atomic E-state index is 12.2. The second kappa shape index (κ2) is 4.44. The zero-order valence-electron chi connectivity index (χ0n) is 11.4. The van der Waals surface area contributed by atoms with Crippen molar-refractivity contribution in [1.82, 2.24) is 4.90 Å². The normalized spacial score (nSPS) is 30.4. The van der Waals surface area contributed by atoms with E-state index in [4.69, 9.17) is 9.47 Å². The first-order valence-corrected chi connectivity index (χ1v) is 6.42. The minimum atomic E-state index is -0.542. The highest BCUT2D eigenvalue weighted by Gasteiger charge is 2.53. The van der Waals surface area contributed by atoms with Gasteiger partial charge in [-0.15, -0.1) is 0 Å². The molecule has 0 aromatic rings. The summed E-state index contributed by atoms with van der Waals surface area (Å²) in [5, 5.41) is 0. The molecule has 0 radical (unpaired) electrons. The number of rotatable bonds is 1. The summed E-state index contributed by atoms with van der Waals surface area (Å²) in [7, 11) is 1.36. The third-order valence-corrected chi connectivity index (χ3v) is 3.63. The fraction of sp³-hybridized carbons (Fsp3) is 0.846. The third kappa shape index (κ3) is 2.31. The SMILES string of the molecule is COC(=O)C1C2CCC(C2)N1C(=O)OC(C)(C)C. The maximum Gasteiger partial charge on any atom is 0.411 e. The van der Waals surface area contributed by atoms with Gasteiger partial charge in [-0.05, 0) is 46.0 Å². The average molecular weight is 255 g/mol. The summed E-state index contributed by atoms with van der Waals surface area (Å²) in [4.78, 5) is 25.6. The van der Waals surface area contributed by atoms with Crippen molar-refractivity contribution >= 4 is 12.1 Å². The van der Waals surface area contributed by atoms with E-state index in [-0.39, 0.29) is 17.9 Å². The Kier molecular flexibility index (Phi) is 3.25. The van der Waals surface area contributed by atoms with E-state index in [2.05, 4.69) is 0 Å². The van der Waals surface area contributed by atoms with Crippen molar-refractivity contribution in [3.8, 4) is 0 Å². The Morgan fingerprint density at radius 1 is 1.22 bits per heavy atom. The quantitative estimate of drug-likeness (QED) is 0.672. The Balaban J connectivity index is 2.14.